The Hall–Kier alpha value is -0.550. The first-order valence-electron chi connectivity index (χ1n) is 4.58. The molecule has 0 amide bonds. The van der Waals surface area contributed by atoms with Crippen molar-refractivity contribution in [1.29, 1.82) is 0 Å². The third-order valence-corrected chi connectivity index (χ3v) is 1.62. The molecule has 0 fully saturated rings. The van der Waals surface area contributed by atoms with Gasteiger partial charge in [-0.3, -0.25) is 4.79 Å². The molecule has 0 heterocycles. The number of ether oxygens (including phenoxy) is 2. The van der Waals surface area contributed by atoms with Crippen molar-refractivity contribution in [3.63, 3.8) is 0 Å². The molecule has 0 aromatic heterocycles. The summed E-state index contributed by atoms with van der Waals surface area (Å²) < 4.78 is 33.8. The number of hydrogen-bond acceptors (Lipinski definition) is 3. The van der Waals surface area contributed by atoms with Crippen LogP contribution in [0, 0.1) is 0 Å². The second-order valence-corrected chi connectivity index (χ2v) is 2.86. The van der Waals surface area contributed by atoms with Crippen LogP contribution in [0.2, 0.25) is 0 Å². The average Bonchev–Trinajstić information content (AvgIpc) is 2.17. The highest BCUT2D eigenvalue weighted by molar-refractivity contribution is 5.84. The van der Waals surface area contributed by atoms with Gasteiger partial charge in [0.2, 0.25) is 5.78 Å². The van der Waals surface area contributed by atoms with Gasteiger partial charge in [-0.2, -0.15) is 8.78 Å². The second-order valence-electron chi connectivity index (χ2n) is 2.86. The Balaban J connectivity index is 3.54. The Kier molecular flexibility index (Phi) is 6.57. The van der Waals surface area contributed by atoms with Gasteiger partial charge in [0.05, 0.1) is 0 Å². The Morgan fingerprint density at radius 3 is 2.50 bits per heavy atom. The summed E-state index contributed by atoms with van der Waals surface area (Å²) in [5.74, 6) is -1.19. The highest BCUT2D eigenvalue weighted by Crippen LogP contribution is 2.17. The van der Waals surface area contributed by atoms with Crippen molar-refractivity contribution < 1.29 is 23.0 Å². The summed E-state index contributed by atoms with van der Waals surface area (Å²) in [6.45, 7) is 2.87. The van der Waals surface area contributed by atoms with Crippen molar-refractivity contribution in [3.05, 3.63) is 0 Å². The third-order valence-electron chi connectivity index (χ3n) is 1.62. The lowest BCUT2D eigenvalue weighted by Gasteiger charge is -2.11. The zero-order chi connectivity index (χ0) is 11.0. The van der Waals surface area contributed by atoms with Crippen molar-refractivity contribution in [3.8, 4) is 0 Å². The maximum atomic E-state index is 12.5. The molecule has 0 aliphatic carbocycles. The number of alkyl halides is 2. The minimum absolute atomic E-state index is 0.218. The van der Waals surface area contributed by atoms with Gasteiger partial charge in [0.25, 0.3) is 0 Å². The molecule has 0 N–H and O–H groups in total. The number of methoxy groups -OCH3 is 1. The molecular weight excluding hydrogens is 194 g/mol. The summed E-state index contributed by atoms with van der Waals surface area (Å²) in [6, 6.07) is 0. The van der Waals surface area contributed by atoms with E-state index < -0.39 is 11.9 Å². The van der Waals surface area contributed by atoms with Gasteiger partial charge in [-0.05, 0) is 12.8 Å². The van der Waals surface area contributed by atoms with E-state index in [1.54, 1.807) is 0 Å². The molecule has 0 aliphatic rings. The van der Waals surface area contributed by atoms with E-state index in [2.05, 4.69) is 4.74 Å². The molecule has 14 heavy (non-hydrogen) atoms. The largest absolute Gasteiger partial charge is 0.415 e. The predicted molar refractivity (Wildman–Crippen MR) is 47.3 cm³/mol. The molecule has 84 valence electrons. The molecule has 3 nitrogen and oxygen atoms in total. The first-order valence-corrected chi connectivity index (χ1v) is 4.58. The van der Waals surface area contributed by atoms with Gasteiger partial charge < -0.3 is 9.47 Å². The number of hydrogen-bond donors (Lipinski definition) is 0. The molecule has 0 saturated heterocycles. The van der Waals surface area contributed by atoms with E-state index in [-0.39, 0.29) is 6.42 Å². The molecular formula is C9H16F2O3. The highest BCUT2D eigenvalue weighted by atomic mass is 19.3. The van der Waals surface area contributed by atoms with Gasteiger partial charge in [0, 0.05) is 26.7 Å². The minimum atomic E-state index is -3.65. The van der Waals surface area contributed by atoms with E-state index in [1.165, 1.54) is 0 Å². The lowest BCUT2D eigenvalue weighted by atomic mass is 10.2. The predicted octanol–water partition coefficient (Wildman–Crippen LogP) is 2.00. The Labute approximate surface area is 82.4 Å². The van der Waals surface area contributed by atoms with Crippen molar-refractivity contribution in [1.82, 2.24) is 0 Å². The summed E-state index contributed by atoms with van der Waals surface area (Å²) >= 11 is 0. The number of carbonyl (C=O) groups is 1. The molecule has 0 atom stereocenters. The third kappa shape index (κ3) is 5.24. The van der Waals surface area contributed by atoms with Crippen molar-refractivity contribution >= 4 is 5.78 Å². The lowest BCUT2D eigenvalue weighted by molar-refractivity contribution is -0.217. The van der Waals surface area contributed by atoms with Crippen LogP contribution < -0.4 is 0 Å². The topological polar surface area (TPSA) is 35.5 Å². The van der Waals surface area contributed by atoms with E-state index in [0.29, 0.717) is 19.6 Å². The normalized spacial score (nSPS) is 11.7. The van der Waals surface area contributed by atoms with Crippen LogP contribution in [0.3, 0.4) is 0 Å². The van der Waals surface area contributed by atoms with Crippen LogP contribution in [0.25, 0.3) is 0 Å². The summed E-state index contributed by atoms with van der Waals surface area (Å²) in [6.07, 6.45) is -2.69. The fourth-order valence-corrected chi connectivity index (χ4v) is 0.841. The summed E-state index contributed by atoms with van der Waals surface area (Å²) in [5, 5.41) is 0. The van der Waals surface area contributed by atoms with Crippen molar-refractivity contribution in [2.45, 2.75) is 32.3 Å². The maximum absolute atomic E-state index is 12.5. The molecule has 0 radical (unpaired) electrons. The average molecular weight is 210 g/mol. The Morgan fingerprint density at radius 1 is 1.36 bits per heavy atom. The zero-order valence-electron chi connectivity index (χ0n) is 8.52. The Bertz CT molecular complexity index is 171. The van der Waals surface area contributed by atoms with E-state index in [9.17, 15) is 13.6 Å². The number of ketones is 1. The smallest absolute Gasteiger partial charge is 0.381 e. The van der Waals surface area contributed by atoms with Gasteiger partial charge in [-0.1, -0.05) is 6.92 Å². The fourth-order valence-electron chi connectivity index (χ4n) is 0.841. The Morgan fingerprint density at radius 2 is 2.00 bits per heavy atom. The van der Waals surface area contributed by atoms with Gasteiger partial charge in [0.15, 0.2) is 0 Å². The van der Waals surface area contributed by atoms with Crippen molar-refractivity contribution in [2.24, 2.45) is 0 Å². The van der Waals surface area contributed by atoms with E-state index in [0.717, 1.165) is 13.5 Å². The summed E-state index contributed by atoms with van der Waals surface area (Å²) in [7, 11) is 0.811. The standard InChI is InChI=1S/C9H16F2O3/c1-3-6-14-7-4-5-8(12)9(10,11)13-2/h3-7H2,1-2H3. The van der Waals surface area contributed by atoms with Crippen LogP contribution in [-0.4, -0.2) is 32.2 Å². The molecule has 0 aromatic carbocycles. The minimum Gasteiger partial charge on any atom is -0.381 e. The van der Waals surface area contributed by atoms with E-state index in [4.69, 9.17) is 4.74 Å². The quantitative estimate of drug-likeness (QED) is 0.575. The first-order chi connectivity index (χ1) is 6.54. The molecule has 0 aromatic rings. The number of halogens is 2. The molecule has 0 spiro atoms. The number of rotatable bonds is 8. The van der Waals surface area contributed by atoms with Crippen molar-refractivity contribution in [2.75, 3.05) is 20.3 Å². The van der Waals surface area contributed by atoms with E-state index in [1.807, 2.05) is 6.92 Å². The van der Waals surface area contributed by atoms with Crippen LogP contribution in [0.4, 0.5) is 8.78 Å². The molecule has 0 aliphatic heterocycles. The van der Waals surface area contributed by atoms with Gasteiger partial charge in [-0.25, -0.2) is 0 Å². The van der Waals surface area contributed by atoms with E-state index >= 15 is 0 Å². The molecule has 0 bridgehead atoms. The molecule has 0 rings (SSSR count). The first kappa shape index (κ1) is 13.4. The number of Topliss-reactive ketones (excluding diaryl/α,β-unsaturated/α-hetero) is 1. The monoisotopic (exact) mass is 210 g/mol. The van der Waals surface area contributed by atoms with Gasteiger partial charge >= 0.3 is 6.11 Å². The van der Waals surface area contributed by atoms with Crippen LogP contribution in [-0.2, 0) is 14.3 Å². The van der Waals surface area contributed by atoms with Crippen LogP contribution in [0.5, 0.6) is 0 Å². The SMILES string of the molecule is CCCOCCCC(=O)C(F)(F)OC. The summed E-state index contributed by atoms with van der Waals surface area (Å²) in [5.41, 5.74) is 0. The van der Waals surface area contributed by atoms with Crippen LogP contribution in [0.1, 0.15) is 26.2 Å². The molecule has 5 heteroatoms. The molecule has 0 unspecified atom stereocenters. The highest BCUT2D eigenvalue weighted by Gasteiger charge is 2.37. The summed E-state index contributed by atoms with van der Waals surface area (Å²) in [4.78, 5) is 10.8. The fraction of sp³-hybridized carbons (Fsp3) is 0.889. The molecule has 0 saturated carbocycles. The lowest BCUT2D eigenvalue weighted by Crippen LogP contribution is -2.30. The number of carbonyl (C=O) groups excluding carboxylic acids is 1. The van der Waals surface area contributed by atoms with Crippen LogP contribution >= 0.6 is 0 Å². The maximum Gasteiger partial charge on any atom is 0.415 e. The second kappa shape index (κ2) is 6.84. The van der Waals surface area contributed by atoms with Gasteiger partial charge in [-0.15, -0.1) is 0 Å². The zero-order valence-corrected chi connectivity index (χ0v) is 8.52. The van der Waals surface area contributed by atoms with Gasteiger partial charge in [0.1, 0.15) is 0 Å². The van der Waals surface area contributed by atoms with Crippen LogP contribution in [0.15, 0.2) is 0 Å².